The van der Waals surface area contributed by atoms with Gasteiger partial charge in [-0.3, -0.25) is 4.98 Å². The molecule has 2 heterocycles. The first-order valence-corrected chi connectivity index (χ1v) is 11.3. The fourth-order valence-electron chi connectivity index (χ4n) is 4.69. The molecule has 2 aromatic carbocycles. The molecule has 0 bridgehead atoms. The van der Waals surface area contributed by atoms with Crippen molar-refractivity contribution in [2.45, 2.75) is 30.9 Å². The van der Waals surface area contributed by atoms with E-state index < -0.39 is 11.6 Å². The van der Waals surface area contributed by atoms with Gasteiger partial charge >= 0.3 is 5.97 Å². The summed E-state index contributed by atoms with van der Waals surface area (Å²) in [5.74, 6) is -0.627. The molecule has 1 saturated heterocycles. The number of pyridine rings is 1. The Labute approximate surface area is 189 Å². The zero-order valence-corrected chi connectivity index (χ0v) is 18.6. The number of ether oxygens (including phenoxy) is 1. The lowest BCUT2D eigenvalue weighted by Crippen LogP contribution is -2.52. The van der Waals surface area contributed by atoms with Crippen LogP contribution in [0.1, 0.15) is 29.7 Å². The van der Waals surface area contributed by atoms with Gasteiger partial charge in [-0.1, -0.05) is 66.7 Å². The predicted molar refractivity (Wildman–Crippen MR) is 124 cm³/mol. The first kappa shape index (κ1) is 22.2. The average molecular weight is 432 g/mol. The molecule has 2 atom stereocenters. The summed E-state index contributed by atoms with van der Waals surface area (Å²) < 4.78 is 6.67. The Morgan fingerprint density at radius 3 is 2.25 bits per heavy atom. The van der Waals surface area contributed by atoms with E-state index in [2.05, 4.69) is 18.1 Å². The van der Waals surface area contributed by atoms with Gasteiger partial charge in [0.05, 0.1) is 20.1 Å². The Balaban J connectivity index is 1.48. The van der Waals surface area contributed by atoms with Crippen LogP contribution in [0.3, 0.4) is 0 Å². The molecule has 32 heavy (non-hydrogen) atoms. The predicted octanol–water partition coefficient (Wildman–Crippen LogP) is 3.71. The Morgan fingerprint density at radius 1 is 1.03 bits per heavy atom. The summed E-state index contributed by atoms with van der Waals surface area (Å²) in [6, 6.07) is 24.2. The average Bonchev–Trinajstić information content (AvgIpc) is 3.23. The van der Waals surface area contributed by atoms with E-state index in [9.17, 15) is 9.90 Å². The molecule has 3 aromatic rings. The van der Waals surface area contributed by atoms with Crippen LogP contribution in [0.15, 0.2) is 85.1 Å². The summed E-state index contributed by atoms with van der Waals surface area (Å²) >= 11 is 0. The molecule has 1 N–H and O–H groups in total. The molecule has 0 radical (unpaired) electrons. The van der Waals surface area contributed by atoms with Crippen molar-refractivity contribution in [3.8, 4) is 0 Å². The Bertz CT molecular complexity index is 971. The topological polar surface area (TPSA) is 59.4 Å². The van der Waals surface area contributed by atoms with E-state index in [1.807, 2.05) is 54.7 Å². The smallest absolute Gasteiger partial charge is 0.347 e. The lowest BCUT2D eigenvalue weighted by molar-refractivity contribution is -0.921. The lowest BCUT2D eigenvalue weighted by atomic mass is 9.86. The lowest BCUT2D eigenvalue weighted by Gasteiger charge is -2.36. The molecule has 1 aromatic heterocycles. The van der Waals surface area contributed by atoms with E-state index in [-0.39, 0.29) is 6.04 Å². The van der Waals surface area contributed by atoms with Crippen LogP contribution in [0.4, 0.5) is 0 Å². The van der Waals surface area contributed by atoms with Crippen molar-refractivity contribution in [3.63, 3.8) is 0 Å². The van der Waals surface area contributed by atoms with Crippen LogP contribution in [0.25, 0.3) is 0 Å². The van der Waals surface area contributed by atoms with Crippen molar-refractivity contribution < 1.29 is 19.1 Å². The van der Waals surface area contributed by atoms with Crippen molar-refractivity contribution >= 4 is 5.97 Å². The first-order valence-electron chi connectivity index (χ1n) is 11.3. The molecular weight excluding hydrogens is 400 g/mol. The highest BCUT2D eigenvalue weighted by atomic mass is 16.6. The second kappa shape index (κ2) is 9.63. The summed E-state index contributed by atoms with van der Waals surface area (Å²) in [4.78, 5) is 17.8. The molecule has 1 fully saturated rings. The Hall–Kier alpha value is -3.02. The van der Waals surface area contributed by atoms with Crippen LogP contribution in [0, 0.1) is 0 Å². The van der Waals surface area contributed by atoms with Gasteiger partial charge in [-0.25, -0.2) is 4.79 Å². The minimum atomic E-state index is -1.83. The van der Waals surface area contributed by atoms with Gasteiger partial charge in [0.2, 0.25) is 5.60 Å². The molecule has 1 aliphatic heterocycles. The molecule has 4 rings (SSSR count). The van der Waals surface area contributed by atoms with Crippen LogP contribution in [-0.2, 0) is 21.6 Å². The van der Waals surface area contributed by atoms with E-state index >= 15 is 0 Å². The van der Waals surface area contributed by atoms with E-state index in [4.69, 9.17) is 4.74 Å². The van der Waals surface area contributed by atoms with Gasteiger partial charge in [0.15, 0.2) is 0 Å². The quantitative estimate of drug-likeness (QED) is 0.436. The number of esters is 1. The number of benzene rings is 2. The molecule has 0 spiro atoms. The number of quaternary nitrogens is 1. The Kier molecular flexibility index (Phi) is 6.68. The Morgan fingerprint density at radius 2 is 1.66 bits per heavy atom. The number of likely N-dealkylation sites (tertiary alicyclic amines) is 1. The molecule has 5 nitrogen and oxygen atoms in total. The summed E-state index contributed by atoms with van der Waals surface area (Å²) in [7, 11) is 2.23. The van der Waals surface area contributed by atoms with Crippen LogP contribution >= 0.6 is 0 Å². The second-order valence-electron chi connectivity index (χ2n) is 8.83. The number of carbonyl (C=O) groups is 1. The van der Waals surface area contributed by atoms with Gasteiger partial charge in [0, 0.05) is 31.2 Å². The third kappa shape index (κ3) is 4.59. The summed E-state index contributed by atoms with van der Waals surface area (Å²) in [6.07, 6.45) is 4.82. The fourth-order valence-corrected chi connectivity index (χ4v) is 4.69. The molecule has 166 valence electrons. The molecule has 2 unspecified atom stereocenters. The highest BCUT2D eigenvalue weighted by Crippen LogP contribution is 2.32. The van der Waals surface area contributed by atoms with Crippen molar-refractivity contribution in [1.29, 1.82) is 0 Å². The maximum Gasteiger partial charge on any atom is 0.347 e. The fraction of sp³-hybridized carbons (Fsp3) is 0.333. The molecule has 0 saturated carbocycles. The van der Waals surface area contributed by atoms with Crippen molar-refractivity contribution in [2.75, 3.05) is 26.7 Å². The third-order valence-corrected chi connectivity index (χ3v) is 6.78. The minimum absolute atomic E-state index is 0.207. The maximum atomic E-state index is 13.3. The number of aromatic nitrogens is 1. The number of carbonyl (C=O) groups excluding carboxylic acids is 1. The molecule has 1 aliphatic rings. The van der Waals surface area contributed by atoms with Crippen LogP contribution in [0.5, 0.6) is 0 Å². The third-order valence-electron chi connectivity index (χ3n) is 6.78. The normalized spacial score (nSPS) is 20.8. The van der Waals surface area contributed by atoms with Crippen LogP contribution < -0.4 is 0 Å². The van der Waals surface area contributed by atoms with Crippen LogP contribution in [0.2, 0.25) is 0 Å². The number of likely N-dealkylation sites (N-methyl/N-ethyl adjacent to an activating group) is 1. The second-order valence-corrected chi connectivity index (χ2v) is 8.83. The maximum absolute atomic E-state index is 13.3. The molecule has 5 heteroatoms. The molecule has 0 aliphatic carbocycles. The highest BCUT2D eigenvalue weighted by molar-refractivity contribution is 5.85. The van der Waals surface area contributed by atoms with E-state index in [0.29, 0.717) is 17.7 Å². The van der Waals surface area contributed by atoms with Gasteiger partial charge in [0.1, 0.15) is 12.6 Å². The number of aliphatic hydroxyl groups is 1. The molecule has 0 amide bonds. The van der Waals surface area contributed by atoms with Gasteiger partial charge < -0.3 is 14.3 Å². The zero-order chi connectivity index (χ0) is 22.4. The summed E-state index contributed by atoms with van der Waals surface area (Å²) in [5.41, 5.74) is 0.264. The first-order chi connectivity index (χ1) is 15.5. The van der Waals surface area contributed by atoms with Gasteiger partial charge in [0.25, 0.3) is 0 Å². The summed E-state index contributed by atoms with van der Waals surface area (Å²) in [5, 5.41) is 11.6. The standard InChI is InChI=1S/C27H31N2O3/c1-29(20-17-24-15-8-9-18-28-24)19-10-16-25(29)21-32-26(30)27(31,22-11-4-2-5-12-22)23-13-6-3-7-14-23/h2-9,11-15,18,25,31H,10,16-17,19-21H2,1H3/q+1. The van der Waals surface area contributed by atoms with E-state index in [1.54, 1.807) is 24.3 Å². The van der Waals surface area contributed by atoms with E-state index in [1.165, 1.54) is 0 Å². The zero-order valence-electron chi connectivity index (χ0n) is 18.6. The van der Waals surface area contributed by atoms with Gasteiger partial charge in [-0.2, -0.15) is 0 Å². The highest BCUT2D eigenvalue weighted by Gasteiger charge is 2.44. The molecular formula is C27H31N2O3+. The number of rotatable bonds is 8. The van der Waals surface area contributed by atoms with Gasteiger partial charge in [-0.05, 0) is 23.3 Å². The number of nitrogens with zero attached hydrogens (tertiary/aromatic N) is 2. The van der Waals surface area contributed by atoms with Crippen molar-refractivity contribution in [2.24, 2.45) is 0 Å². The van der Waals surface area contributed by atoms with Crippen molar-refractivity contribution in [3.05, 3.63) is 102 Å². The largest absolute Gasteiger partial charge is 0.457 e. The summed E-state index contributed by atoms with van der Waals surface area (Å²) in [6.45, 7) is 2.29. The van der Waals surface area contributed by atoms with Crippen molar-refractivity contribution in [1.82, 2.24) is 4.98 Å². The minimum Gasteiger partial charge on any atom is -0.457 e. The van der Waals surface area contributed by atoms with E-state index in [0.717, 1.165) is 42.5 Å². The van der Waals surface area contributed by atoms with Gasteiger partial charge in [-0.15, -0.1) is 0 Å². The SMILES string of the molecule is C[N+]1(CCc2ccccn2)CCCC1COC(=O)C(O)(c1ccccc1)c1ccccc1. The number of hydrogen-bond donors (Lipinski definition) is 1. The number of hydrogen-bond acceptors (Lipinski definition) is 4. The monoisotopic (exact) mass is 431 g/mol. The van der Waals surface area contributed by atoms with Crippen LogP contribution in [-0.4, -0.2) is 53.3 Å².